The van der Waals surface area contributed by atoms with Crippen LogP contribution in [0.15, 0.2) is 60.8 Å². The molecule has 27 heavy (non-hydrogen) atoms. The Morgan fingerprint density at radius 1 is 1.19 bits per heavy atom. The van der Waals surface area contributed by atoms with E-state index in [2.05, 4.69) is 24.1 Å². The van der Waals surface area contributed by atoms with Crippen LogP contribution in [0.1, 0.15) is 23.1 Å². The smallest absolute Gasteiger partial charge is 0.246 e. The summed E-state index contributed by atoms with van der Waals surface area (Å²) in [6.07, 6.45) is 8.53. The number of nitrogens with one attached hydrogen (secondary N) is 1. The van der Waals surface area contributed by atoms with E-state index in [1.165, 1.54) is 16.7 Å². The first-order valence-electron chi connectivity index (χ1n) is 9.10. The highest BCUT2D eigenvalue weighted by atomic mass is 35.5. The van der Waals surface area contributed by atoms with E-state index in [9.17, 15) is 4.79 Å². The number of hydrogen-bond acceptors (Lipinski definition) is 1. The van der Waals surface area contributed by atoms with Gasteiger partial charge in [-0.25, -0.2) is 0 Å². The van der Waals surface area contributed by atoms with Crippen LogP contribution in [0, 0.1) is 6.92 Å². The number of aryl methyl sites for hydroxylation is 1. The Balaban J connectivity index is 1.47. The van der Waals surface area contributed by atoms with E-state index in [-0.39, 0.29) is 5.91 Å². The van der Waals surface area contributed by atoms with Crippen LogP contribution in [-0.4, -0.2) is 28.9 Å². The van der Waals surface area contributed by atoms with Gasteiger partial charge in [0.2, 0.25) is 5.91 Å². The Bertz CT molecular complexity index is 1040. The van der Waals surface area contributed by atoms with E-state index in [1.807, 2.05) is 53.6 Å². The molecule has 1 amide bonds. The second kappa shape index (κ2) is 7.45. The number of amides is 1. The van der Waals surface area contributed by atoms with Gasteiger partial charge in [0.1, 0.15) is 0 Å². The summed E-state index contributed by atoms with van der Waals surface area (Å²) >= 11 is 6.26. The van der Waals surface area contributed by atoms with Crippen LogP contribution in [0.25, 0.3) is 22.6 Å². The minimum Gasteiger partial charge on any atom is -0.359 e. The number of rotatable bonds is 3. The lowest BCUT2D eigenvalue weighted by Crippen LogP contribution is -2.33. The van der Waals surface area contributed by atoms with Gasteiger partial charge in [0.05, 0.1) is 10.5 Å². The minimum absolute atomic E-state index is 0.0489. The molecule has 0 fully saturated rings. The zero-order valence-electron chi connectivity index (χ0n) is 15.2. The van der Waals surface area contributed by atoms with Crippen LogP contribution in [0.4, 0.5) is 0 Å². The molecule has 4 rings (SSSR count). The Morgan fingerprint density at radius 3 is 2.74 bits per heavy atom. The summed E-state index contributed by atoms with van der Waals surface area (Å²) in [7, 11) is 0. The number of carbonyl (C=O) groups excluding carboxylic acids is 1. The SMILES string of the molecule is Cc1ccc(/C=C/C(=O)N2CC=C(c3c[nH]c4c(Cl)cccc34)CC2)cc1. The highest BCUT2D eigenvalue weighted by Crippen LogP contribution is 2.32. The lowest BCUT2D eigenvalue weighted by atomic mass is 9.99. The summed E-state index contributed by atoms with van der Waals surface area (Å²) in [5, 5.41) is 1.86. The number of nitrogens with zero attached hydrogens (tertiary/aromatic N) is 1. The van der Waals surface area contributed by atoms with Crippen LogP contribution in [0.2, 0.25) is 5.02 Å². The molecule has 3 aromatic rings. The van der Waals surface area contributed by atoms with Crippen molar-refractivity contribution in [2.24, 2.45) is 0 Å². The maximum Gasteiger partial charge on any atom is 0.246 e. The third-order valence-electron chi connectivity index (χ3n) is 5.03. The van der Waals surface area contributed by atoms with Crippen LogP contribution in [0.3, 0.4) is 0 Å². The van der Waals surface area contributed by atoms with Crippen molar-refractivity contribution < 1.29 is 4.79 Å². The monoisotopic (exact) mass is 376 g/mol. The van der Waals surface area contributed by atoms with Gasteiger partial charge < -0.3 is 9.88 Å². The van der Waals surface area contributed by atoms with Crippen molar-refractivity contribution >= 4 is 40.1 Å². The molecule has 0 aliphatic carbocycles. The summed E-state index contributed by atoms with van der Waals surface area (Å²) in [5.74, 6) is 0.0489. The molecule has 0 saturated heterocycles. The fraction of sp³-hybridized carbons (Fsp3) is 0.174. The molecule has 0 saturated carbocycles. The Kier molecular flexibility index (Phi) is 4.87. The molecule has 1 aromatic heterocycles. The van der Waals surface area contributed by atoms with E-state index in [0.717, 1.165) is 34.5 Å². The number of hydrogen-bond donors (Lipinski definition) is 1. The topological polar surface area (TPSA) is 36.1 Å². The molecular weight excluding hydrogens is 356 g/mol. The standard InChI is InChI=1S/C23H21ClN2O/c1-16-5-7-17(8-6-16)9-10-22(27)26-13-11-18(12-14-26)20-15-25-23-19(20)3-2-4-21(23)24/h2-11,15,25H,12-14H2,1H3/b10-9+. The zero-order valence-corrected chi connectivity index (χ0v) is 16.0. The average Bonchev–Trinajstić information content (AvgIpc) is 3.13. The number of fused-ring (bicyclic) bond motifs is 1. The van der Waals surface area contributed by atoms with E-state index < -0.39 is 0 Å². The first-order valence-corrected chi connectivity index (χ1v) is 9.48. The predicted octanol–water partition coefficient (Wildman–Crippen LogP) is 5.46. The van der Waals surface area contributed by atoms with Gasteiger partial charge >= 0.3 is 0 Å². The normalized spacial score (nSPS) is 14.7. The number of aromatic nitrogens is 1. The Hall–Kier alpha value is -2.78. The van der Waals surface area contributed by atoms with Crippen molar-refractivity contribution in [3.05, 3.63) is 82.5 Å². The summed E-state index contributed by atoms with van der Waals surface area (Å²) < 4.78 is 0. The number of para-hydroxylation sites is 1. The number of aromatic amines is 1. The molecule has 1 N–H and O–H groups in total. The van der Waals surface area contributed by atoms with E-state index in [1.54, 1.807) is 6.08 Å². The quantitative estimate of drug-likeness (QED) is 0.605. The molecule has 0 bridgehead atoms. The molecule has 0 radical (unpaired) electrons. The van der Waals surface area contributed by atoms with Gasteiger partial charge in [-0.3, -0.25) is 4.79 Å². The van der Waals surface area contributed by atoms with Crippen LogP contribution in [0.5, 0.6) is 0 Å². The summed E-state index contributed by atoms with van der Waals surface area (Å²) in [6, 6.07) is 14.1. The van der Waals surface area contributed by atoms with Gasteiger partial charge in [-0.05, 0) is 36.6 Å². The van der Waals surface area contributed by atoms with Crippen molar-refractivity contribution in [1.82, 2.24) is 9.88 Å². The molecule has 0 unspecified atom stereocenters. The average molecular weight is 377 g/mol. The Morgan fingerprint density at radius 2 is 2.00 bits per heavy atom. The second-order valence-electron chi connectivity index (χ2n) is 6.87. The summed E-state index contributed by atoms with van der Waals surface area (Å²) in [4.78, 5) is 17.6. The van der Waals surface area contributed by atoms with Crippen LogP contribution >= 0.6 is 11.6 Å². The molecular formula is C23H21ClN2O. The molecule has 4 heteroatoms. The molecule has 1 aliphatic heterocycles. The van der Waals surface area contributed by atoms with Gasteiger partial charge in [0.25, 0.3) is 0 Å². The third kappa shape index (κ3) is 3.69. The second-order valence-corrected chi connectivity index (χ2v) is 7.28. The van der Waals surface area contributed by atoms with E-state index in [0.29, 0.717) is 6.54 Å². The summed E-state index contributed by atoms with van der Waals surface area (Å²) in [5.41, 5.74) is 5.66. The lowest BCUT2D eigenvalue weighted by molar-refractivity contribution is -0.125. The Labute approximate surface area is 164 Å². The first kappa shape index (κ1) is 17.6. The molecule has 2 heterocycles. The van der Waals surface area contributed by atoms with E-state index in [4.69, 9.17) is 11.6 Å². The van der Waals surface area contributed by atoms with Crippen LogP contribution < -0.4 is 0 Å². The maximum absolute atomic E-state index is 12.5. The van der Waals surface area contributed by atoms with E-state index >= 15 is 0 Å². The van der Waals surface area contributed by atoms with Crippen LogP contribution in [-0.2, 0) is 4.79 Å². The number of halogens is 1. The molecule has 1 aliphatic rings. The largest absolute Gasteiger partial charge is 0.359 e. The fourth-order valence-electron chi connectivity index (χ4n) is 3.45. The van der Waals surface area contributed by atoms with Crippen molar-refractivity contribution in [2.75, 3.05) is 13.1 Å². The van der Waals surface area contributed by atoms with Crippen molar-refractivity contribution in [3.63, 3.8) is 0 Å². The summed E-state index contributed by atoms with van der Waals surface area (Å²) in [6.45, 7) is 3.40. The van der Waals surface area contributed by atoms with Crippen molar-refractivity contribution in [2.45, 2.75) is 13.3 Å². The third-order valence-corrected chi connectivity index (χ3v) is 5.34. The zero-order chi connectivity index (χ0) is 18.8. The predicted molar refractivity (Wildman–Crippen MR) is 113 cm³/mol. The molecule has 3 nitrogen and oxygen atoms in total. The van der Waals surface area contributed by atoms with Gasteiger partial charge in [-0.2, -0.15) is 0 Å². The highest BCUT2D eigenvalue weighted by Gasteiger charge is 2.18. The molecule has 2 aromatic carbocycles. The van der Waals surface area contributed by atoms with Gasteiger partial charge in [0.15, 0.2) is 0 Å². The number of carbonyl (C=O) groups is 1. The van der Waals surface area contributed by atoms with Gasteiger partial charge in [-0.15, -0.1) is 0 Å². The molecule has 136 valence electrons. The van der Waals surface area contributed by atoms with Gasteiger partial charge in [-0.1, -0.05) is 59.6 Å². The minimum atomic E-state index is 0.0489. The van der Waals surface area contributed by atoms with Crippen molar-refractivity contribution in [3.8, 4) is 0 Å². The first-order chi connectivity index (χ1) is 13.1. The van der Waals surface area contributed by atoms with Crippen molar-refractivity contribution in [1.29, 1.82) is 0 Å². The molecule has 0 atom stereocenters. The number of benzene rings is 2. The number of H-pyrrole nitrogens is 1. The lowest BCUT2D eigenvalue weighted by Gasteiger charge is -2.25. The fourth-order valence-corrected chi connectivity index (χ4v) is 3.68. The maximum atomic E-state index is 12.5. The molecule has 0 spiro atoms. The highest BCUT2D eigenvalue weighted by molar-refractivity contribution is 6.35. The van der Waals surface area contributed by atoms with Gasteiger partial charge in [0, 0.05) is 36.3 Å².